The van der Waals surface area contributed by atoms with Crippen molar-refractivity contribution in [1.29, 1.82) is 0 Å². The smallest absolute Gasteiger partial charge is 0.353 e. The van der Waals surface area contributed by atoms with Crippen molar-refractivity contribution in [2.24, 2.45) is 5.41 Å². The Morgan fingerprint density at radius 1 is 1.38 bits per heavy atom. The van der Waals surface area contributed by atoms with E-state index in [1.54, 1.807) is 4.68 Å². The van der Waals surface area contributed by atoms with E-state index in [4.69, 9.17) is 0 Å². The Bertz CT molecular complexity index is 516. The van der Waals surface area contributed by atoms with E-state index in [1.807, 2.05) is 19.9 Å². The topological polar surface area (TPSA) is 46.9 Å². The molecule has 0 aromatic carbocycles. The van der Waals surface area contributed by atoms with Gasteiger partial charge in [-0.15, -0.1) is 0 Å². The van der Waals surface area contributed by atoms with Gasteiger partial charge in [-0.3, -0.25) is 9.48 Å². The van der Waals surface area contributed by atoms with Crippen LogP contribution in [0.2, 0.25) is 0 Å². The fraction of sp³-hybridized carbons (Fsp3) is 0.714. The number of alkyl halides is 3. The van der Waals surface area contributed by atoms with Gasteiger partial charge in [0.1, 0.15) is 5.41 Å². The molecule has 1 N–H and O–H groups in total. The molecule has 0 aliphatic heterocycles. The van der Waals surface area contributed by atoms with E-state index in [2.05, 4.69) is 10.4 Å². The number of carbonyl (C=O) groups is 1. The lowest BCUT2D eigenvalue weighted by Crippen LogP contribution is -2.49. The van der Waals surface area contributed by atoms with Crippen LogP contribution in [0.25, 0.3) is 0 Å². The molecule has 1 saturated carbocycles. The average molecular weight is 303 g/mol. The molecule has 0 atom stereocenters. The standard InChI is InChI=1S/C14H20F3N3O/c1-10-9-11(2)20(19-10)8-7-18-12(21)13(14(15,16)17)5-3-4-6-13/h9H,3-8H2,1-2H3,(H,18,21). The fourth-order valence-corrected chi connectivity index (χ4v) is 2.96. The number of nitrogens with zero attached hydrogens (tertiary/aromatic N) is 2. The number of nitrogens with one attached hydrogen (secondary N) is 1. The van der Waals surface area contributed by atoms with E-state index in [0.717, 1.165) is 11.4 Å². The first kappa shape index (κ1) is 15.9. The van der Waals surface area contributed by atoms with Crippen molar-refractivity contribution < 1.29 is 18.0 Å². The van der Waals surface area contributed by atoms with Crippen LogP contribution in [0.4, 0.5) is 13.2 Å². The Kier molecular flexibility index (Phi) is 4.30. The number of aromatic nitrogens is 2. The zero-order chi connectivity index (χ0) is 15.7. The molecule has 0 radical (unpaired) electrons. The summed E-state index contributed by atoms with van der Waals surface area (Å²) >= 11 is 0. The third-order valence-electron chi connectivity index (χ3n) is 4.15. The second-order valence-electron chi connectivity index (χ2n) is 5.69. The molecular weight excluding hydrogens is 283 g/mol. The van der Waals surface area contributed by atoms with Crippen LogP contribution in [-0.4, -0.2) is 28.4 Å². The Labute approximate surface area is 121 Å². The highest BCUT2D eigenvalue weighted by Gasteiger charge is 2.60. The maximum Gasteiger partial charge on any atom is 0.403 e. The minimum atomic E-state index is -4.48. The molecule has 4 nitrogen and oxygen atoms in total. The van der Waals surface area contributed by atoms with Gasteiger partial charge < -0.3 is 5.32 Å². The summed E-state index contributed by atoms with van der Waals surface area (Å²) in [6.45, 7) is 4.24. The van der Waals surface area contributed by atoms with Gasteiger partial charge in [0.25, 0.3) is 0 Å². The summed E-state index contributed by atoms with van der Waals surface area (Å²) in [5.41, 5.74) is -0.420. The van der Waals surface area contributed by atoms with Crippen LogP contribution in [-0.2, 0) is 11.3 Å². The molecule has 1 aliphatic carbocycles. The molecule has 0 bridgehead atoms. The molecule has 0 spiro atoms. The lowest BCUT2D eigenvalue weighted by atomic mass is 9.84. The van der Waals surface area contributed by atoms with Gasteiger partial charge in [0, 0.05) is 12.2 Å². The first-order valence-corrected chi connectivity index (χ1v) is 7.12. The predicted octanol–water partition coefficient (Wildman–Crippen LogP) is 2.74. The molecule has 2 rings (SSSR count). The van der Waals surface area contributed by atoms with Crippen molar-refractivity contribution in [3.05, 3.63) is 17.5 Å². The first-order valence-electron chi connectivity index (χ1n) is 7.12. The summed E-state index contributed by atoms with van der Waals surface area (Å²) in [4.78, 5) is 12.0. The van der Waals surface area contributed by atoms with E-state index in [1.165, 1.54) is 0 Å². The van der Waals surface area contributed by atoms with Gasteiger partial charge in [0.2, 0.25) is 5.91 Å². The van der Waals surface area contributed by atoms with Crippen molar-refractivity contribution in [3.8, 4) is 0 Å². The first-order chi connectivity index (χ1) is 9.76. The monoisotopic (exact) mass is 303 g/mol. The Balaban J connectivity index is 1.96. The van der Waals surface area contributed by atoms with Crippen LogP contribution in [0.5, 0.6) is 0 Å². The number of carbonyl (C=O) groups excluding carboxylic acids is 1. The van der Waals surface area contributed by atoms with Crippen molar-refractivity contribution in [3.63, 3.8) is 0 Å². The van der Waals surface area contributed by atoms with Gasteiger partial charge in [-0.2, -0.15) is 18.3 Å². The van der Waals surface area contributed by atoms with Gasteiger partial charge in [-0.05, 0) is 32.8 Å². The third-order valence-corrected chi connectivity index (χ3v) is 4.15. The van der Waals surface area contributed by atoms with E-state index in [-0.39, 0.29) is 19.4 Å². The number of amides is 1. The molecule has 21 heavy (non-hydrogen) atoms. The molecule has 1 heterocycles. The van der Waals surface area contributed by atoms with Crippen molar-refractivity contribution in [2.45, 2.75) is 52.3 Å². The van der Waals surface area contributed by atoms with Gasteiger partial charge in [-0.1, -0.05) is 12.8 Å². The molecule has 7 heteroatoms. The van der Waals surface area contributed by atoms with Gasteiger partial charge in [0.05, 0.1) is 12.2 Å². The van der Waals surface area contributed by atoms with Crippen molar-refractivity contribution in [2.75, 3.05) is 6.54 Å². The fourth-order valence-electron chi connectivity index (χ4n) is 2.96. The van der Waals surface area contributed by atoms with Crippen LogP contribution < -0.4 is 5.32 Å². The highest BCUT2D eigenvalue weighted by molar-refractivity contribution is 5.83. The van der Waals surface area contributed by atoms with Crippen LogP contribution >= 0.6 is 0 Å². The van der Waals surface area contributed by atoms with Crippen molar-refractivity contribution in [1.82, 2.24) is 15.1 Å². The van der Waals surface area contributed by atoms with Crippen LogP contribution in [0, 0.1) is 19.3 Å². The lowest BCUT2D eigenvalue weighted by Gasteiger charge is -2.30. The maximum atomic E-state index is 13.2. The highest BCUT2D eigenvalue weighted by atomic mass is 19.4. The largest absolute Gasteiger partial charge is 0.403 e. The second kappa shape index (κ2) is 5.69. The summed E-state index contributed by atoms with van der Waals surface area (Å²) in [6, 6.07) is 1.88. The zero-order valence-electron chi connectivity index (χ0n) is 12.3. The normalized spacial score (nSPS) is 18.0. The number of rotatable bonds is 4. The van der Waals surface area contributed by atoms with E-state index < -0.39 is 17.5 Å². The third kappa shape index (κ3) is 3.06. The number of aryl methyl sites for hydroxylation is 2. The summed E-state index contributed by atoms with van der Waals surface area (Å²) in [7, 11) is 0. The SMILES string of the molecule is Cc1cc(C)n(CCNC(=O)C2(C(F)(F)F)CCCC2)n1. The molecular formula is C14H20F3N3O. The molecule has 1 aromatic heterocycles. The Hall–Kier alpha value is -1.53. The van der Waals surface area contributed by atoms with Gasteiger partial charge >= 0.3 is 6.18 Å². The molecule has 1 fully saturated rings. The maximum absolute atomic E-state index is 13.2. The minimum absolute atomic E-state index is 0.109. The summed E-state index contributed by atoms with van der Waals surface area (Å²) < 4.78 is 41.3. The molecule has 1 amide bonds. The summed E-state index contributed by atoms with van der Waals surface area (Å²) in [5, 5.41) is 6.65. The molecule has 1 aliphatic rings. The quantitative estimate of drug-likeness (QED) is 0.929. The van der Waals surface area contributed by atoms with E-state index >= 15 is 0 Å². The zero-order valence-corrected chi connectivity index (χ0v) is 12.3. The van der Waals surface area contributed by atoms with E-state index in [0.29, 0.717) is 19.4 Å². The number of halogens is 3. The van der Waals surface area contributed by atoms with E-state index in [9.17, 15) is 18.0 Å². The molecule has 118 valence electrons. The number of hydrogen-bond acceptors (Lipinski definition) is 2. The molecule has 0 saturated heterocycles. The number of hydrogen-bond donors (Lipinski definition) is 1. The highest BCUT2D eigenvalue weighted by Crippen LogP contribution is 2.50. The van der Waals surface area contributed by atoms with Crippen LogP contribution in [0.1, 0.15) is 37.1 Å². The average Bonchev–Trinajstić information content (AvgIpc) is 2.96. The lowest BCUT2D eigenvalue weighted by molar-refractivity contribution is -0.220. The van der Waals surface area contributed by atoms with Crippen LogP contribution in [0.15, 0.2) is 6.07 Å². The minimum Gasteiger partial charge on any atom is -0.353 e. The van der Waals surface area contributed by atoms with Crippen LogP contribution in [0.3, 0.4) is 0 Å². The molecule has 0 unspecified atom stereocenters. The Morgan fingerprint density at radius 3 is 2.48 bits per heavy atom. The van der Waals surface area contributed by atoms with Crippen molar-refractivity contribution >= 4 is 5.91 Å². The predicted molar refractivity (Wildman–Crippen MR) is 71.7 cm³/mol. The summed E-state index contributed by atoms with van der Waals surface area (Å²) in [6.07, 6.45) is -3.80. The Morgan fingerprint density at radius 2 is 2.00 bits per heavy atom. The summed E-state index contributed by atoms with van der Waals surface area (Å²) in [5.74, 6) is -0.894. The van der Waals surface area contributed by atoms with Gasteiger partial charge in [0.15, 0.2) is 0 Å². The molecule has 1 aromatic rings. The second-order valence-corrected chi connectivity index (χ2v) is 5.69. The van der Waals surface area contributed by atoms with Gasteiger partial charge in [-0.25, -0.2) is 0 Å².